The standard InChI is InChI=1S/C29H25N3O5/c1-35-28(33)25-24(20-11-5-3-6-12-20)23(17-30)27(31)32(26(25)29(34)36-2)21-13-9-10-19(16-21)18-37-22-14-7-4-8-15-22/h3-16,24H,18,31H2,1-2H3. The summed E-state index contributed by atoms with van der Waals surface area (Å²) in [5.41, 5.74) is 8.32. The van der Waals surface area contributed by atoms with E-state index in [1.807, 2.05) is 42.5 Å². The molecule has 0 bridgehead atoms. The van der Waals surface area contributed by atoms with Crippen molar-refractivity contribution in [2.75, 3.05) is 19.1 Å². The average Bonchev–Trinajstić information content (AvgIpc) is 2.95. The fraction of sp³-hybridized carbons (Fsp3) is 0.138. The Morgan fingerprint density at radius 1 is 0.919 bits per heavy atom. The average molecular weight is 496 g/mol. The largest absolute Gasteiger partial charge is 0.489 e. The molecule has 0 spiro atoms. The maximum Gasteiger partial charge on any atom is 0.355 e. The highest BCUT2D eigenvalue weighted by Crippen LogP contribution is 2.43. The number of esters is 2. The molecule has 4 rings (SSSR count). The first-order valence-electron chi connectivity index (χ1n) is 11.4. The van der Waals surface area contributed by atoms with Gasteiger partial charge in [-0.2, -0.15) is 5.26 Å². The van der Waals surface area contributed by atoms with Crippen LogP contribution in [0.25, 0.3) is 0 Å². The van der Waals surface area contributed by atoms with Crippen molar-refractivity contribution in [3.05, 3.63) is 119 Å². The van der Waals surface area contributed by atoms with Crippen LogP contribution in [0.3, 0.4) is 0 Å². The predicted octanol–water partition coefficient (Wildman–Crippen LogP) is 4.16. The highest BCUT2D eigenvalue weighted by Gasteiger charge is 2.43. The molecular formula is C29H25N3O5. The molecule has 1 unspecified atom stereocenters. The second-order valence-electron chi connectivity index (χ2n) is 8.11. The van der Waals surface area contributed by atoms with Gasteiger partial charge in [-0.25, -0.2) is 9.59 Å². The lowest BCUT2D eigenvalue weighted by atomic mass is 9.81. The molecule has 8 nitrogen and oxygen atoms in total. The number of nitrogens with zero attached hydrogens (tertiary/aromatic N) is 2. The van der Waals surface area contributed by atoms with Crippen LogP contribution in [0.1, 0.15) is 17.0 Å². The van der Waals surface area contributed by atoms with Crippen molar-refractivity contribution in [2.45, 2.75) is 12.5 Å². The van der Waals surface area contributed by atoms with Crippen molar-refractivity contribution < 1.29 is 23.8 Å². The molecule has 0 amide bonds. The number of allylic oxidation sites excluding steroid dienone is 1. The Balaban J connectivity index is 1.87. The van der Waals surface area contributed by atoms with Gasteiger partial charge in [0, 0.05) is 5.69 Å². The van der Waals surface area contributed by atoms with Crippen LogP contribution in [-0.2, 0) is 25.7 Å². The Bertz CT molecular complexity index is 1410. The number of rotatable bonds is 7. The molecular weight excluding hydrogens is 470 g/mol. The van der Waals surface area contributed by atoms with E-state index in [1.165, 1.54) is 19.1 Å². The maximum atomic E-state index is 13.2. The summed E-state index contributed by atoms with van der Waals surface area (Å²) in [6, 6.07) is 27.5. The number of ether oxygens (including phenoxy) is 3. The molecule has 0 saturated carbocycles. The molecule has 0 fully saturated rings. The van der Waals surface area contributed by atoms with Crippen LogP contribution in [0, 0.1) is 11.3 Å². The number of anilines is 1. The molecule has 3 aromatic carbocycles. The quantitative estimate of drug-likeness (QED) is 0.486. The number of benzene rings is 3. The van der Waals surface area contributed by atoms with Gasteiger partial charge in [0.25, 0.3) is 0 Å². The Labute approximate surface area is 214 Å². The van der Waals surface area contributed by atoms with Gasteiger partial charge in [-0.15, -0.1) is 0 Å². The van der Waals surface area contributed by atoms with Crippen molar-refractivity contribution in [2.24, 2.45) is 5.73 Å². The third-order valence-electron chi connectivity index (χ3n) is 5.93. The lowest BCUT2D eigenvalue weighted by molar-refractivity contribution is -0.139. The number of hydrogen-bond donors (Lipinski definition) is 1. The number of methoxy groups -OCH3 is 2. The van der Waals surface area contributed by atoms with Gasteiger partial charge in [0.1, 0.15) is 23.9 Å². The van der Waals surface area contributed by atoms with Crippen LogP contribution in [0.5, 0.6) is 5.75 Å². The summed E-state index contributed by atoms with van der Waals surface area (Å²) in [7, 11) is 2.43. The van der Waals surface area contributed by atoms with Gasteiger partial charge < -0.3 is 19.9 Å². The molecule has 1 aliphatic rings. The SMILES string of the molecule is COC(=O)C1=C(C(=O)OC)N(c2cccc(COc3ccccc3)c2)C(N)=C(C#N)C1c1ccccc1. The number of carbonyl (C=O) groups excluding carboxylic acids is 2. The van der Waals surface area contributed by atoms with Crippen molar-refractivity contribution >= 4 is 17.6 Å². The Morgan fingerprint density at radius 2 is 1.57 bits per heavy atom. The van der Waals surface area contributed by atoms with E-state index in [0.717, 1.165) is 5.56 Å². The lowest BCUT2D eigenvalue weighted by Gasteiger charge is -2.36. The molecule has 2 N–H and O–H groups in total. The van der Waals surface area contributed by atoms with Crippen molar-refractivity contribution in [1.82, 2.24) is 0 Å². The van der Waals surface area contributed by atoms with Crippen LogP contribution < -0.4 is 15.4 Å². The molecule has 37 heavy (non-hydrogen) atoms. The molecule has 0 saturated heterocycles. The third-order valence-corrected chi connectivity index (χ3v) is 5.93. The second kappa shape index (κ2) is 11.1. The third kappa shape index (κ3) is 5.02. The zero-order valence-corrected chi connectivity index (χ0v) is 20.4. The summed E-state index contributed by atoms with van der Waals surface area (Å²) in [5, 5.41) is 10.2. The maximum absolute atomic E-state index is 13.2. The zero-order chi connectivity index (χ0) is 26.4. The second-order valence-corrected chi connectivity index (χ2v) is 8.11. The van der Waals surface area contributed by atoms with E-state index >= 15 is 0 Å². The van der Waals surface area contributed by atoms with E-state index in [0.29, 0.717) is 17.0 Å². The number of para-hydroxylation sites is 1. The van der Waals surface area contributed by atoms with Gasteiger partial charge in [-0.3, -0.25) is 4.90 Å². The molecule has 1 atom stereocenters. The van der Waals surface area contributed by atoms with Crippen LogP contribution in [0.4, 0.5) is 5.69 Å². The monoisotopic (exact) mass is 495 g/mol. The van der Waals surface area contributed by atoms with E-state index < -0.39 is 17.9 Å². The van der Waals surface area contributed by atoms with Crippen molar-refractivity contribution in [3.8, 4) is 11.8 Å². The van der Waals surface area contributed by atoms with E-state index in [-0.39, 0.29) is 29.3 Å². The van der Waals surface area contributed by atoms with Crippen LogP contribution >= 0.6 is 0 Å². The van der Waals surface area contributed by atoms with Gasteiger partial charge in [-0.1, -0.05) is 60.7 Å². The minimum absolute atomic E-state index is 0.00512. The zero-order valence-electron chi connectivity index (χ0n) is 20.4. The minimum atomic E-state index is -0.923. The lowest BCUT2D eigenvalue weighted by Crippen LogP contribution is -2.40. The smallest absolute Gasteiger partial charge is 0.355 e. The summed E-state index contributed by atoms with van der Waals surface area (Å²) in [6.07, 6.45) is 0. The molecule has 3 aromatic rings. The highest BCUT2D eigenvalue weighted by atomic mass is 16.5. The topological polar surface area (TPSA) is 115 Å². The normalized spacial score (nSPS) is 15.2. The van der Waals surface area contributed by atoms with Crippen LogP contribution in [0.15, 0.2) is 108 Å². The fourth-order valence-electron chi connectivity index (χ4n) is 4.25. The minimum Gasteiger partial charge on any atom is -0.489 e. The van der Waals surface area contributed by atoms with Gasteiger partial charge in [0.15, 0.2) is 0 Å². The molecule has 0 radical (unpaired) electrons. The molecule has 8 heteroatoms. The fourth-order valence-corrected chi connectivity index (χ4v) is 4.25. The number of hydrogen-bond acceptors (Lipinski definition) is 8. The Hall–Kier alpha value is -5.03. The van der Waals surface area contributed by atoms with Gasteiger partial charge in [0.2, 0.25) is 0 Å². The summed E-state index contributed by atoms with van der Waals surface area (Å²) in [4.78, 5) is 27.7. The first-order valence-corrected chi connectivity index (χ1v) is 11.4. The van der Waals surface area contributed by atoms with Crippen LogP contribution in [-0.4, -0.2) is 26.2 Å². The Kier molecular flexibility index (Phi) is 7.55. The molecule has 0 aromatic heterocycles. The van der Waals surface area contributed by atoms with Gasteiger partial charge in [0.05, 0.1) is 37.4 Å². The first-order chi connectivity index (χ1) is 18.0. The first kappa shape index (κ1) is 25.1. The van der Waals surface area contributed by atoms with Gasteiger partial charge >= 0.3 is 11.9 Å². The summed E-state index contributed by atoms with van der Waals surface area (Å²) in [5.74, 6) is -1.79. The summed E-state index contributed by atoms with van der Waals surface area (Å²) < 4.78 is 16.0. The van der Waals surface area contributed by atoms with E-state index in [9.17, 15) is 14.9 Å². The van der Waals surface area contributed by atoms with Crippen molar-refractivity contribution in [1.29, 1.82) is 5.26 Å². The highest BCUT2D eigenvalue weighted by molar-refractivity contribution is 6.06. The van der Waals surface area contributed by atoms with E-state index in [4.69, 9.17) is 19.9 Å². The van der Waals surface area contributed by atoms with Crippen molar-refractivity contribution in [3.63, 3.8) is 0 Å². The Morgan fingerprint density at radius 3 is 2.19 bits per heavy atom. The molecule has 1 aliphatic heterocycles. The molecule has 0 aliphatic carbocycles. The number of carbonyl (C=O) groups is 2. The molecule has 1 heterocycles. The summed E-state index contributed by atoms with van der Waals surface area (Å²) in [6.45, 7) is 0.244. The van der Waals surface area contributed by atoms with E-state index in [1.54, 1.807) is 42.5 Å². The van der Waals surface area contributed by atoms with E-state index in [2.05, 4.69) is 6.07 Å². The predicted molar refractivity (Wildman–Crippen MR) is 137 cm³/mol. The summed E-state index contributed by atoms with van der Waals surface area (Å²) >= 11 is 0. The van der Waals surface area contributed by atoms with Gasteiger partial charge in [-0.05, 0) is 35.4 Å². The number of nitrogens with two attached hydrogens (primary N) is 1. The molecule has 186 valence electrons. The number of nitriles is 1. The van der Waals surface area contributed by atoms with Crippen LogP contribution in [0.2, 0.25) is 0 Å².